The van der Waals surface area contributed by atoms with E-state index in [1.807, 2.05) is 7.11 Å². The third kappa shape index (κ3) is 1.71. The Labute approximate surface area is 76.1 Å². The van der Waals surface area contributed by atoms with Gasteiger partial charge in [-0.1, -0.05) is 6.92 Å². The topological polar surface area (TPSA) is 38.5 Å². The number of nitrogens with two attached hydrogens (primary N) is 1. The van der Waals surface area contributed by atoms with Crippen molar-refractivity contribution in [3.05, 3.63) is 0 Å². The van der Waals surface area contributed by atoms with Crippen molar-refractivity contribution >= 4 is 8.48 Å². The summed E-state index contributed by atoms with van der Waals surface area (Å²) in [7, 11) is 0.388. The summed E-state index contributed by atoms with van der Waals surface area (Å²) >= 11 is 0. The Morgan fingerprint density at radius 1 is 1.58 bits per heavy atom. The molecule has 72 valence electrons. The van der Waals surface area contributed by atoms with Crippen LogP contribution in [0.2, 0.25) is 12.1 Å². The lowest BCUT2D eigenvalue weighted by Crippen LogP contribution is -2.51. The first-order valence-corrected chi connectivity index (χ1v) is 7.06. The first-order valence-electron chi connectivity index (χ1n) is 4.79. The highest BCUT2D eigenvalue weighted by atomic mass is 28.4. The van der Waals surface area contributed by atoms with Crippen molar-refractivity contribution in [1.82, 2.24) is 4.57 Å². The van der Waals surface area contributed by atoms with Crippen LogP contribution < -0.4 is 5.73 Å². The van der Waals surface area contributed by atoms with Gasteiger partial charge in [0.15, 0.2) is 0 Å². The van der Waals surface area contributed by atoms with E-state index in [1.165, 1.54) is 25.1 Å². The van der Waals surface area contributed by atoms with Crippen molar-refractivity contribution in [3.63, 3.8) is 0 Å². The molecule has 1 saturated heterocycles. The number of rotatable bonds is 4. The molecule has 3 nitrogen and oxygen atoms in total. The molecule has 0 aromatic rings. The van der Waals surface area contributed by atoms with Crippen molar-refractivity contribution in [3.8, 4) is 0 Å². The second-order valence-electron chi connectivity index (χ2n) is 3.38. The zero-order chi connectivity index (χ0) is 9.03. The standard InChI is InChI=1S/C8H20N2OSi/c1-3-12(11-2)8-4-6-10(12)7-5-9/h3-9H2,1-2H3. The van der Waals surface area contributed by atoms with Crippen molar-refractivity contribution < 1.29 is 4.43 Å². The zero-order valence-corrected chi connectivity index (χ0v) is 9.18. The average Bonchev–Trinajstić information content (AvgIpc) is 2.50. The van der Waals surface area contributed by atoms with Crippen molar-refractivity contribution in [2.45, 2.75) is 25.4 Å². The largest absolute Gasteiger partial charge is 0.406 e. The predicted molar refractivity (Wildman–Crippen MR) is 53.3 cm³/mol. The van der Waals surface area contributed by atoms with Gasteiger partial charge >= 0.3 is 0 Å². The first kappa shape index (κ1) is 10.2. The van der Waals surface area contributed by atoms with Gasteiger partial charge in [0.2, 0.25) is 0 Å². The minimum absolute atomic E-state index is 0.762. The van der Waals surface area contributed by atoms with Gasteiger partial charge in [-0.2, -0.15) is 0 Å². The van der Waals surface area contributed by atoms with E-state index in [0.29, 0.717) is 0 Å². The molecular formula is C8H20N2OSi. The van der Waals surface area contributed by atoms with Gasteiger partial charge in [0, 0.05) is 20.2 Å². The molecular weight excluding hydrogens is 168 g/mol. The lowest BCUT2D eigenvalue weighted by Gasteiger charge is -2.33. The van der Waals surface area contributed by atoms with Crippen LogP contribution in [0.15, 0.2) is 0 Å². The molecule has 0 bridgehead atoms. The summed E-state index contributed by atoms with van der Waals surface area (Å²) in [6.07, 6.45) is 1.30. The molecule has 12 heavy (non-hydrogen) atoms. The summed E-state index contributed by atoms with van der Waals surface area (Å²) in [6, 6.07) is 2.49. The van der Waals surface area contributed by atoms with Crippen LogP contribution in [-0.4, -0.2) is 39.8 Å². The van der Waals surface area contributed by atoms with Gasteiger partial charge in [0.25, 0.3) is 8.48 Å². The molecule has 1 aliphatic rings. The van der Waals surface area contributed by atoms with E-state index in [4.69, 9.17) is 10.2 Å². The Balaban J connectivity index is 2.58. The zero-order valence-electron chi connectivity index (χ0n) is 8.18. The maximum atomic E-state index is 5.72. The normalized spacial score (nSPS) is 31.2. The molecule has 0 aliphatic carbocycles. The van der Waals surface area contributed by atoms with Crippen LogP contribution in [0.25, 0.3) is 0 Å². The van der Waals surface area contributed by atoms with Crippen molar-refractivity contribution in [1.29, 1.82) is 0 Å². The van der Waals surface area contributed by atoms with E-state index in [0.717, 1.165) is 13.1 Å². The lowest BCUT2D eigenvalue weighted by molar-refractivity contribution is 0.313. The summed E-state index contributed by atoms with van der Waals surface area (Å²) in [5, 5.41) is 0. The second-order valence-corrected chi connectivity index (χ2v) is 7.52. The summed E-state index contributed by atoms with van der Waals surface area (Å²) < 4.78 is 8.23. The minimum atomic E-state index is -1.48. The van der Waals surface area contributed by atoms with Gasteiger partial charge in [-0.3, -0.25) is 0 Å². The average molecular weight is 188 g/mol. The third-order valence-corrected chi connectivity index (χ3v) is 7.50. The second kappa shape index (κ2) is 4.37. The molecule has 1 unspecified atom stereocenters. The molecule has 0 amide bonds. The van der Waals surface area contributed by atoms with Gasteiger partial charge in [0.05, 0.1) is 0 Å². The molecule has 0 radical (unpaired) electrons. The smallest absolute Gasteiger partial charge is 0.270 e. The van der Waals surface area contributed by atoms with Gasteiger partial charge in [0.1, 0.15) is 0 Å². The minimum Gasteiger partial charge on any atom is -0.406 e. The van der Waals surface area contributed by atoms with Crippen molar-refractivity contribution in [2.24, 2.45) is 5.73 Å². The summed E-state index contributed by atoms with van der Waals surface area (Å²) in [5.74, 6) is 0. The fraction of sp³-hybridized carbons (Fsp3) is 1.00. The molecule has 2 N–H and O–H groups in total. The number of nitrogens with zero attached hydrogens (tertiary/aromatic N) is 1. The van der Waals surface area contributed by atoms with Gasteiger partial charge in [-0.15, -0.1) is 0 Å². The summed E-state index contributed by atoms with van der Waals surface area (Å²) in [4.78, 5) is 0. The van der Waals surface area contributed by atoms with Crippen molar-refractivity contribution in [2.75, 3.05) is 26.7 Å². The van der Waals surface area contributed by atoms with Crippen LogP contribution in [0.5, 0.6) is 0 Å². The molecule has 0 spiro atoms. The van der Waals surface area contributed by atoms with Crippen LogP contribution in [0, 0.1) is 0 Å². The van der Waals surface area contributed by atoms with Gasteiger partial charge in [-0.05, 0) is 25.1 Å². The summed E-state index contributed by atoms with van der Waals surface area (Å²) in [5.41, 5.74) is 5.56. The molecule has 0 aromatic carbocycles. The van der Waals surface area contributed by atoms with Gasteiger partial charge in [-0.25, -0.2) is 0 Å². The highest BCUT2D eigenvalue weighted by molar-refractivity contribution is 6.71. The Hall–Kier alpha value is 0.0969. The molecule has 4 heteroatoms. The SMILES string of the molecule is CC[Si]1(OC)CCCN1CCN. The highest BCUT2D eigenvalue weighted by Gasteiger charge is 2.42. The fourth-order valence-corrected chi connectivity index (χ4v) is 5.84. The van der Waals surface area contributed by atoms with Crippen LogP contribution >= 0.6 is 0 Å². The van der Waals surface area contributed by atoms with E-state index in [2.05, 4.69) is 11.5 Å². The molecule has 1 aliphatic heterocycles. The molecule has 1 heterocycles. The van der Waals surface area contributed by atoms with Crippen LogP contribution in [0.1, 0.15) is 13.3 Å². The van der Waals surface area contributed by atoms with E-state index >= 15 is 0 Å². The Bertz CT molecular complexity index is 139. The van der Waals surface area contributed by atoms with Gasteiger partial charge < -0.3 is 14.7 Å². The highest BCUT2D eigenvalue weighted by Crippen LogP contribution is 2.29. The van der Waals surface area contributed by atoms with E-state index in [-0.39, 0.29) is 0 Å². The molecule has 0 saturated carbocycles. The van der Waals surface area contributed by atoms with E-state index < -0.39 is 8.48 Å². The van der Waals surface area contributed by atoms with Crippen LogP contribution in [0.4, 0.5) is 0 Å². The monoisotopic (exact) mass is 188 g/mol. The molecule has 1 atom stereocenters. The number of hydrogen-bond acceptors (Lipinski definition) is 3. The first-order chi connectivity index (χ1) is 5.79. The fourth-order valence-electron chi connectivity index (χ4n) is 2.16. The summed E-state index contributed by atoms with van der Waals surface area (Å²) in [6.45, 7) is 5.22. The van der Waals surface area contributed by atoms with E-state index in [9.17, 15) is 0 Å². The quantitative estimate of drug-likeness (QED) is 0.662. The van der Waals surface area contributed by atoms with Crippen LogP contribution in [0.3, 0.4) is 0 Å². The maximum absolute atomic E-state index is 5.72. The van der Waals surface area contributed by atoms with E-state index in [1.54, 1.807) is 0 Å². The maximum Gasteiger partial charge on any atom is 0.270 e. The Kier molecular flexibility index (Phi) is 3.70. The molecule has 1 fully saturated rings. The lowest BCUT2D eigenvalue weighted by atomic mass is 10.5. The Morgan fingerprint density at radius 3 is 2.83 bits per heavy atom. The molecule has 0 aromatic heterocycles. The van der Waals surface area contributed by atoms with Crippen LogP contribution in [-0.2, 0) is 4.43 Å². The Morgan fingerprint density at radius 2 is 2.33 bits per heavy atom. The third-order valence-electron chi connectivity index (χ3n) is 2.90. The molecule has 1 rings (SSSR count). The predicted octanol–water partition coefficient (Wildman–Crippen LogP) is 0.759. The number of hydrogen-bond donors (Lipinski definition) is 1.